The first-order valence-electron chi connectivity index (χ1n) is 7.72. The van der Waals surface area contributed by atoms with Crippen LogP contribution in [0.1, 0.15) is 5.56 Å². The molecule has 0 saturated carbocycles. The topological polar surface area (TPSA) is 52.8 Å². The maximum Gasteiger partial charge on any atom is 0.252 e. The number of thiazole rings is 1. The second-order valence-corrected chi connectivity index (χ2v) is 6.53. The van der Waals surface area contributed by atoms with E-state index in [0.29, 0.717) is 22.8 Å². The predicted octanol–water partition coefficient (Wildman–Crippen LogP) is 2.73. The summed E-state index contributed by atoms with van der Waals surface area (Å²) < 4.78 is 13.6. The zero-order valence-corrected chi connectivity index (χ0v) is 14.1. The Labute approximate surface area is 148 Å². The lowest BCUT2D eigenvalue weighted by Crippen LogP contribution is -2.17. The lowest BCUT2D eigenvalue weighted by atomic mass is 10.1. The fourth-order valence-corrected chi connectivity index (χ4v) is 3.76. The highest BCUT2D eigenvalue weighted by Crippen LogP contribution is 2.36. The smallest absolute Gasteiger partial charge is 0.252 e. The molecule has 6 heteroatoms. The molecule has 1 aromatic heterocycles. The lowest BCUT2D eigenvalue weighted by molar-refractivity contribution is -0.117. The van der Waals surface area contributed by atoms with Crippen molar-refractivity contribution in [2.24, 2.45) is 4.99 Å². The van der Waals surface area contributed by atoms with Crippen molar-refractivity contribution >= 4 is 27.5 Å². The summed E-state index contributed by atoms with van der Waals surface area (Å²) in [5.41, 5.74) is 1.82. The van der Waals surface area contributed by atoms with Crippen LogP contribution in [0.15, 0.2) is 47.5 Å². The quantitative estimate of drug-likeness (QED) is 0.683. The number of nitrogens with zero attached hydrogens (tertiary/aromatic N) is 2. The standard InChI is InChI=1S/C19H14N2O3S/c1-2-8-21-14-10-15-16(24-12-23-15)11-17(14)25-19(21)20-18(22)9-13-6-4-3-5-7-13/h1,3-7,10-11H,8-9,12H2. The molecule has 0 aliphatic carbocycles. The van der Waals surface area contributed by atoms with Crippen LogP contribution in [-0.4, -0.2) is 17.3 Å². The van der Waals surface area contributed by atoms with Crippen molar-refractivity contribution in [3.63, 3.8) is 0 Å². The van der Waals surface area contributed by atoms with Crippen molar-refractivity contribution in [3.8, 4) is 23.8 Å². The van der Waals surface area contributed by atoms with E-state index in [9.17, 15) is 4.79 Å². The molecule has 0 atom stereocenters. The normalized spacial score (nSPS) is 13.2. The van der Waals surface area contributed by atoms with Crippen molar-refractivity contribution in [3.05, 3.63) is 52.8 Å². The Morgan fingerprint density at radius 3 is 2.76 bits per heavy atom. The number of amides is 1. The van der Waals surface area contributed by atoms with Crippen molar-refractivity contribution in [1.29, 1.82) is 0 Å². The summed E-state index contributed by atoms with van der Waals surface area (Å²) in [4.78, 5) is 17.2. The van der Waals surface area contributed by atoms with E-state index in [4.69, 9.17) is 15.9 Å². The zero-order chi connectivity index (χ0) is 17.2. The van der Waals surface area contributed by atoms with E-state index in [0.717, 1.165) is 15.8 Å². The third kappa shape index (κ3) is 3.02. The first-order chi connectivity index (χ1) is 12.2. The van der Waals surface area contributed by atoms with E-state index in [-0.39, 0.29) is 19.1 Å². The second kappa shape index (κ2) is 6.46. The van der Waals surface area contributed by atoms with Crippen LogP contribution in [0.4, 0.5) is 0 Å². The zero-order valence-electron chi connectivity index (χ0n) is 13.3. The third-order valence-electron chi connectivity index (χ3n) is 3.85. The van der Waals surface area contributed by atoms with Gasteiger partial charge in [0.05, 0.1) is 23.2 Å². The van der Waals surface area contributed by atoms with Gasteiger partial charge in [-0.3, -0.25) is 4.79 Å². The monoisotopic (exact) mass is 350 g/mol. The summed E-state index contributed by atoms with van der Waals surface area (Å²) in [7, 11) is 0. The average Bonchev–Trinajstić information content (AvgIpc) is 3.18. The molecule has 0 spiro atoms. The lowest BCUT2D eigenvalue weighted by Gasteiger charge is -2.01. The van der Waals surface area contributed by atoms with Crippen molar-refractivity contribution in [2.45, 2.75) is 13.0 Å². The molecule has 3 aromatic rings. The van der Waals surface area contributed by atoms with Gasteiger partial charge < -0.3 is 14.0 Å². The number of hydrogen-bond donors (Lipinski definition) is 0. The molecule has 0 unspecified atom stereocenters. The minimum Gasteiger partial charge on any atom is -0.454 e. The molecule has 0 bridgehead atoms. The minimum atomic E-state index is -0.205. The van der Waals surface area contributed by atoms with Crippen LogP contribution in [0.25, 0.3) is 10.2 Å². The molecular weight excluding hydrogens is 336 g/mol. The molecular formula is C19H14N2O3S. The molecule has 0 saturated heterocycles. The van der Waals surface area contributed by atoms with Crippen LogP contribution in [0.5, 0.6) is 11.5 Å². The summed E-state index contributed by atoms with van der Waals surface area (Å²) in [5, 5.41) is 0. The Morgan fingerprint density at radius 2 is 2.00 bits per heavy atom. The van der Waals surface area contributed by atoms with Gasteiger partial charge in [-0.1, -0.05) is 47.6 Å². The SMILES string of the molecule is C#CCn1c(=NC(=O)Cc2ccccc2)sc2cc3c(cc21)OCO3. The van der Waals surface area contributed by atoms with Crippen LogP contribution >= 0.6 is 11.3 Å². The first-order valence-corrected chi connectivity index (χ1v) is 8.54. The Balaban J connectivity index is 1.77. The summed E-state index contributed by atoms with van der Waals surface area (Å²) in [6, 6.07) is 13.3. The van der Waals surface area contributed by atoms with Crippen LogP contribution in [0.2, 0.25) is 0 Å². The van der Waals surface area contributed by atoms with E-state index < -0.39 is 0 Å². The van der Waals surface area contributed by atoms with E-state index >= 15 is 0 Å². The van der Waals surface area contributed by atoms with Crippen molar-refractivity contribution in [1.82, 2.24) is 4.57 Å². The highest BCUT2D eigenvalue weighted by atomic mass is 32.1. The maximum atomic E-state index is 12.3. The maximum absolute atomic E-state index is 12.3. The van der Waals surface area contributed by atoms with Gasteiger partial charge in [-0.05, 0) is 5.56 Å². The molecule has 25 heavy (non-hydrogen) atoms. The number of fused-ring (bicyclic) bond motifs is 2. The molecule has 5 nitrogen and oxygen atoms in total. The summed E-state index contributed by atoms with van der Waals surface area (Å²) in [6.07, 6.45) is 5.76. The number of rotatable bonds is 3. The van der Waals surface area contributed by atoms with Crippen LogP contribution in [0, 0.1) is 12.3 Å². The Bertz CT molecular complexity index is 1060. The van der Waals surface area contributed by atoms with Crippen LogP contribution in [0.3, 0.4) is 0 Å². The van der Waals surface area contributed by atoms with Gasteiger partial charge in [0.2, 0.25) is 6.79 Å². The molecule has 1 amide bonds. The summed E-state index contributed by atoms with van der Waals surface area (Å²) in [5.74, 6) is 3.79. The number of aromatic nitrogens is 1. The number of benzene rings is 2. The molecule has 1 aliphatic heterocycles. The number of carbonyl (C=O) groups excluding carboxylic acids is 1. The molecule has 2 heterocycles. The molecule has 0 radical (unpaired) electrons. The number of carbonyl (C=O) groups is 1. The van der Waals surface area contributed by atoms with Gasteiger partial charge in [0.1, 0.15) is 0 Å². The second-order valence-electron chi connectivity index (χ2n) is 5.52. The fraction of sp³-hybridized carbons (Fsp3) is 0.158. The van der Waals surface area contributed by atoms with Crippen molar-refractivity contribution in [2.75, 3.05) is 6.79 Å². The Morgan fingerprint density at radius 1 is 1.24 bits per heavy atom. The Hall–Kier alpha value is -3.04. The number of hydrogen-bond acceptors (Lipinski definition) is 4. The molecule has 2 aromatic carbocycles. The minimum absolute atomic E-state index is 0.205. The van der Waals surface area contributed by atoms with E-state index in [1.807, 2.05) is 47.0 Å². The average molecular weight is 350 g/mol. The molecule has 124 valence electrons. The predicted molar refractivity (Wildman–Crippen MR) is 95.5 cm³/mol. The van der Waals surface area contributed by atoms with E-state index in [2.05, 4.69) is 10.9 Å². The van der Waals surface area contributed by atoms with Gasteiger partial charge in [-0.2, -0.15) is 4.99 Å². The molecule has 0 fully saturated rings. The highest BCUT2D eigenvalue weighted by molar-refractivity contribution is 7.16. The van der Waals surface area contributed by atoms with Gasteiger partial charge in [-0.15, -0.1) is 6.42 Å². The largest absolute Gasteiger partial charge is 0.454 e. The fourth-order valence-electron chi connectivity index (χ4n) is 2.71. The number of ether oxygens (including phenoxy) is 2. The van der Waals surface area contributed by atoms with E-state index in [1.54, 1.807) is 0 Å². The van der Waals surface area contributed by atoms with Gasteiger partial charge in [0, 0.05) is 12.1 Å². The van der Waals surface area contributed by atoms with Gasteiger partial charge in [0.25, 0.3) is 5.91 Å². The first kappa shape index (κ1) is 15.5. The molecule has 0 N–H and O–H groups in total. The van der Waals surface area contributed by atoms with Crippen LogP contribution < -0.4 is 14.3 Å². The van der Waals surface area contributed by atoms with Gasteiger partial charge >= 0.3 is 0 Å². The highest BCUT2D eigenvalue weighted by Gasteiger charge is 2.17. The van der Waals surface area contributed by atoms with Crippen LogP contribution in [-0.2, 0) is 17.8 Å². The van der Waals surface area contributed by atoms with Gasteiger partial charge in [-0.25, -0.2) is 0 Å². The summed E-state index contributed by atoms with van der Waals surface area (Å²) in [6.45, 7) is 0.547. The Kier molecular flexibility index (Phi) is 4.00. The van der Waals surface area contributed by atoms with Crippen molar-refractivity contribution < 1.29 is 14.3 Å². The third-order valence-corrected chi connectivity index (χ3v) is 4.89. The van der Waals surface area contributed by atoms with E-state index in [1.165, 1.54) is 11.3 Å². The summed E-state index contributed by atoms with van der Waals surface area (Å²) >= 11 is 1.41. The molecule has 4 rings (SSSR count). The van der Waals surface area contributed by atoms with Gasteiger partial charge in [0.15, 0.2) is 16.3 Å². The molecule has 1 aliphatic rings. The number of terminal acetylenes is 1.